The number of nitrogens with zero attached hydrogens (tertiary/aromatic N) is 2. The zero-order valence-electron chi connectivity index (χ0n) is 24.2. The molecule has 1 N–H and O–H groups in total. The Bertz CT molecular complexity index is 1390. The average molecular weight is 564 g/mol. The van der Waals surface area contributed by atoms with Crippen LogP contribution in [-0.4, -0.2) is 50.5 Å². The van der Waals surface area contributed by atoms with Gasteiger partial charge in [-0.2, -0.15) is 0 Å². The van der Waals surface area contributed by atoms with Crippen LogP contribution in [0.3, 0.4) is 0 Å². The van der Waals surface area contributed by atoms with Crippen molar-refractivity contribution in [2.45, 2.75) is 59.5 Å². The van der Waals surface area contributed by atoms with Crippen LogP contribution in [0.25, 0.3) is 0 Å². The van der Waals surface area contributed by atoms with Gasteiger partial charge < -0.3 is 10.2 Å². The highest BCUT2D eigenvalue weighted by atomic mass is 32.2. The van der Waals surface area contributed by atoms with Crippen LogP contribution >= 0.6 is 0 Å². The molecule has 0 fully saturated rings. The van der Waals surface area contributed by atoms with Crippen molar-refractivity contribution in [2.24, 2.45) is 0 Å². The van der Waals surface area contributed by atoms with Crippen molar-refractivity contribution in [1.82, 2.24) is 10.2 Å². The van der Waals surface area contributed by atoms with Crippen molar-refractivity contribution in [3.05, 3.63) is 101 Å². The zero-order chi connectivity index (χ0) is 29.3. The maximum Gasteiger partial charge on any atom is 0.244 e. The van der Waals surface area contributed by atoms with Crippen molar-refractivity contribution in [3.63, 3.8) is 0 Å². The quantitative estimate of drug-likeness (QED) is 0.299. The van der Waals surface area contributed by atoms with Gasteiger partial charge in [0.15, 0.2) is 0 Å². The van der Waals surface area contributed by atoms with E-state index in [9.17, 15) is 18.0 Å². The van der Waals surface area contributed by atoms with Crippen LogP contribution in [0.4, 0.5) is 5.69 Å². The second kappa shape index (κ2) is 14.1. The van der Waals surface area contributed by atoms with Crippen LogP contribution in [0.5, 0.6) is 0 Å². The molecule has 0 aliphatic rings. The molecule has 8 heteroatoms. The van der Waals surface area contributed by atoms with Gasteiger partial charge in [-0.15, -0.1) is 0 Å². The lowest BCUT2D eigenvalue weighted by Gasteiger charge is -2.34. The van der Waals surface area contributed by atoms with Crippen LogP contribution in [0, 0.1) is 20.8 Å². The molecule has 3 rings (SSSR count). The summed E-state index contributed by atoms with van der Waals surface area (Å²) in [6, 6.07) is 22.0. The summed E-state index contributed by atoms with van der Waals surface area (Å²) in [6.45, 7) is 8.05. The number of anilines is 1. The molecule has 3 aromatic rings. The van der Waals surface area contributed by atoms with Crippen molar-refractivity contribution >= 4 is 27.5 Å². The Hall–Kier alpha value is -3.65. The van der Waals surface area contributed by atoms with Crippen molar-refractivity contribution in [3.8, 4) is 0 Å². The monoisotopic (exact) mass is 563 g/mol. The molecule has 0 unspecified atom stereocenters. The van der Waals surface area contributed by atoms with E-state index in [0.717, 1.165) is 51.2 Å². The molecule has 0 aromatic heterocycles. The number of unbranched alkanes of at least 4 members (excludes halogenated alkanes) is 1. The van der Waals surface area contributed by atoms with E-state index >= 15 is 0 Å². The summed E-state index contributed by atoms with van der Waals surface area (Å²) in [5, 5.41) is 3.00. The Kier molecular flexibility index (Phi) is 10.9. The minimum absolute atomic E-state index is 0.169. The van der Waals surface area contributed by atoms with Gasteiger partial charge in [-0.3, -0.25) is 13.9 Å². The zero-order valence-corrected chi connectivity index (χ0v) is 25.0. The minimum Gasteiger partial charge on any atom is -0.354 e. The van der Waals surface area contributed by atoms with Crippen LogP contribution in [0.2, 0.25) is 0 Å². The van der Waals surface area contributed by atoms with E-state index in [1.807, 2.05) is 94.4 Å². The van der Waals surface area contributed by atoms with E-state index in [-0.39, 0.29) is 12.5 Å². The summed E-state index contributed by atoms with van der Waals surface area (Å²) in [6.07, 6.45) is 3.15. The van der Waals surface area contributed by atoms with Crippen molar-refractivity contribution in [1.29, 1.82) is 0 Å². The summed E-state index contributed by atoms with van der Waals surface area (Å²) < 4.78 is 27.1. The van der Waals surface area contributed by atoms with Crippen LogP contribution in [0.1, 0.15) is 47.6 Å². The summed E-state index contributed by atoms with van der Waals surface area (Å²) in [5.74, 6) is -0.701. The SMILES string of the molecule is CCCCNC(=O)[C@H](Cc1ccccc1)N(Cc1ccc(C)cc1)C(=O)CN(c1ccc(C)cc1C)S(C)(=O)=O. The molecule has 0 saturated carbocycles. The molecule has 0 radical (unpaired) electrons. The van der Waals surface area contributed by atoms with Crippen LogP contribution < -0.4 is 9.62 Å². The Morgan fingerprint density at radius 3 is 2.12 bits per heavy atom. The highest BCUT2D eigenvalue weighted by Gasteiger charge is 2.33. The van der Waals surface area contributed by atoms with Crippen molar-refractivity contribution < 1.29 is 18.0 Å². The number of benzene rings is 3. The number of hydrogen-bond acceptors (Lipinski definition) is 4. The highest BCUT2D eigenvalue weighted by Crippen LogP contribution is 2.25. The third-order valence-corrected chi connectivity index (χ3v) is 8.00. The number of sulfonamides is 1. The number of nitrogens with one attached hydrogen (secondary N) is 1. The first-order chi connectivity index (χ1) is 19.0. The number of hydrogen-bond donors (Lipinski definition) is 1. The van der Waals surface area contributed by atoms with Gasteiger partial charge in [0.2, 0.25) is 21.8 Å². The number of carbonyl (C=O) groups excluding carboxylic acids is 2. The lowest BCUT2D eigenvalue weighted by Crippen LogP contribution is -2.53. The topological polar surface area (TPSA) is 86.8 Å². The van der Waals surface area contributed by atoms with Crippen LogP contribution in [0.15, 0.2) is 72.8 Å². The summed E-state index contributed by atoms with van der Waals surface area (Å²) >= 11 is 0. The lowest BCUT2D eigenvalue weighted by atomic mass is 10.0. The Balaban J connectivity index is 2.04. The van der Waals surface area contributed by atoms with Gasteiger partial charge in [-0.25, -0.2) is 8.42 Å². The normalized spacial score (nSPS) is 12.0. The van der Waals surface area contributed by atoms with E-state index in [0.29, 0.717) is 18.7 Å². The molecular weight excluding hydrogens is 522 g/mol. The minimum atomic E-state index is -3.80. The van der Waals surface area contributed by atoms with Crippen LogP contribution in [-0.2, 0) is 32.6 Å². The van der Waals surface area contributed by atoms with Gasteiger partial charge in [-0.05, 0) is 49.9 Å². The average Bonchev–Trinajstić information content (AvgIpc) is 2.90. The maximum absolute atomic E-state index is 14.1. The van der Waals surface area contributed by atoms with Gasteiger partial charge in [0.25, 0.3) is 0 Å². The highest BCUT2D eigenvalue weighted by molar-refractivity contribution is 7.92. The maximum atomic E-state index is 14.1. The molecule has 0 saturated heterocycles. The molecular formula is C32H41N3O4S. The van der Waals surface area contributed by atoms with E-state index in [1.54, 1.807) is 6.07 Å². The Morgan fingerprint density at radius 1 is 0.875 bits per heavy atom. The molecule has 0 heterocycles. The number of rotatable bonds is 13. The molecule has 0 spiro atoms. The molecule has 214 valence electrons. The third-order valence-electron chi connectivity index (χ3n) is 6.87. The first kappa shape index (κ1) is 30.9. The number of aryl methyl sites for hydroxylation is 3. The van der Waals surface area contributed by atoms with E-state index in [2.05, 4.69) is 5.32 Å². The van der Waals surface area contributed by atoms with Gasteiger partial charge in [0, 0.05) is 19.5 Å². The summed E-state index contributed by atoms with van der Waals surface area (Å²) in [5.41, 5.74) is 5.04. The Morgan fingerprint density at radius 2 is 1.52 bits per heavy atom. The summed E-state index contributed by atoms with van der Waals surface area (Å²) in [4.78, 5) is 29.3. The first-order valence-electron chi connectivity index (χ1n) is 13.7. The van der Waals surface area contributed by atoms with Gasteiger partial charge in [-0.1, -0.05) is 91.2 Å². The standard InChI is InChI=1S/C32H41N3O4S/c1-6-7-19-33-32(37)30(21-27-11-9-8-10-12-27)34(22-28-16-13-24(2)14-17-28)31(36)23-35(40(5,38)39)29-18-15-25(3)20-26(29)4/h8-18,20,30H,6-7,19,21-23H2,1-5H3,(H,33,37)/t30-/m0/s1. The molecule has 0 bridgehead atoms. The smallest absolute Gasteiger partial charge is 0.244 e. The van der Waals surface area contributed by atoms with E-state index < -0.39 is 28.5 Å². The molecule has 40 heavy (non-hydrogen) atoms. The molecule has 0 aliphatic carbocycles. The lowest BCUT2D eigenvalue weighted by molar-refractivity contribution is -0.140. The van der Waals surface area contributed by atoms with Gasteiger partial charge >= 0.3 is 0 Å². The number of amides is 2. The Labute approximate surface area is 239 Å². The second-order valence-corrected chi connectivity index (χ2v) is 12.3. The first-order valence-corrected chi connectivity index (χ1v) is 15.6. The largest absolute Gasteiger partial charge is 0.354 e. The van der Waals surface area contributed by atoms with Crippen molar-refractivity contribution in [2.75, 3.05) is 23.7 Å². The predicted octanol–water partition coefficient (Wildman–Crippen LogP) is 4.93. The van der Waals surface area contributed by atoms with Gasteiger partial charge in [0.05, 0.1) is 11.9 Å². The molecule has 7 nitrogen and oxygen atoms in total. The number of carbonyl (C=O) groups is 2. The molecule has 2 amide bonds. The summed E-state index contributed by atoms with van der Waals surface area (Å²) in [7, 11) is -3.80. The van der Waals surface area contributed by atoms with E-state index in [4.69, 9.17) is 0 Å². The molecule has 0 aliphatic heterocycles. The molecule has 1 atom stereocenters. The fourth-order valence-corrected chi connectivity index (χ4v) is 5.54. The van der Waals surface area contributed by atoms with E-state index in [1.165, 1.54) is 4.90 Å². The third kappa shape index (κ3) is 8.68. The fourth-order valence-electron chi connectivity index (χ4n) is 4.63. The van der Waals surface area contributed by atoms with Gasteiger partial charge in [0.1, 0.15) is 12.6 Å². The molecule has 3 aromatic carbocycles. The fraction of sp³-hybridized carbons (Fsp3) is 0.375. The second-order valence-electron chi connectivity index (χ2n) is 10.4. The predicted molar refractivity (Wildman–Crippen MR) is 162 cm³/mol.